The number of nitrogens with zero attached hydrogens (tertiary/aromatic N) is 2. The summed E-state index contributed by atoms with van der Waals surface area (Å²) in [6.07, 6.45) is 1.64. The normalized spacial score (nSPS) is 12.7. The topological polar surface area (TPSA) is 74.2 Å². The van der Waals surface area contributed by atoms with E-state index in [-0.39, 0.29) is 11.9 Å². The Hall–Kier alpha value is -2.60. The molecule has 0 bridgehead atoms. The summed E-state index contributed by atoms with van der Waals surface area (Å²) in [5, 5.41) is 10.8. The van der Waals surface area contributed by atoms with E-state index in [0.717, 1.165) is 22.2 Å². The largest absolute Gasteiger partial charge is 0.468 e. The molecule has 1 amide bonds. The molecule has 0 radical (unpaired) electrons. The number of aromatic nitrogens is 2. The first-order valence-corrected chi connectivity index (χ1v) is 7.49. The molecule has 0 aliphatic heterocycles. The molecule has 3 aromatic rings. The molecular weight excluding hydrogens is 292 g/mol. The Morgan fingerprint density at radius 2 is 2.22 bits per heavy atom. The van der Waals surface area contributed by atoms with E-state index in [1.807, 2.05) is 56.3 Å². The van der Waals surface area contributed by atoms with Gasteiger partial charge in [0.15, 0.2) is 5.69 Å². The zero-order chi connectivity index (χ0) is 16.4. The van der Waals surface area contributed by atoms with Gasteiger partial charge in [0.1, 0.15) is 5.76 Å². The van der Waals surface area contributed by atoms with Gasteiger partial charge in [-0.15, -0.1) is 0 Å². The molecule has 1 atom stereocenters. The van der Waals surface area contributed by atoms with Crippen LogP contribution in [0.2, 0.25) is 0 Å². The van der Waals surface area contributed by atoms with Crippen molar-refractivity contribution in [2.75, 3.05) is 20.6 Å². The van der Waals surface area contributed by atoms with Crippen LogP contribution in [0.5, 0.6) is 0 Å². The second kappa shape index (κ2) is 6.26. The summed E-state index contributed by atoms with van der Waals surface area (Å²) in [4.78, 5) is 14.5. The number of amides is 1. The summed E-state index contributed by atoms with van der Waals surface area (Å²) in [6.45, 7) is 2.44. The molecule has 0 spiro atoms. The third-order valence-corrected chi connectivity index (χ3v) is 3.88. The number of H-pyrrole nitrogens is 1. The number of benzene rings is 1. The van der Waals surface area contributed by atoms with Crippen LogP contribution in [0.4, 0.5) is 0 Å². The molecule has 2 N–H and O–H groups in total. The Morgan fingerprint density at radius 3 is 2.91 bits per heavy atom. The van der Waals surface area contributed by atoms with Crippen LogP contribution in [0.1, 0.15) is 27.9 Å². The van der Waals surface area contributed by atoms with Crippen molar-refractivity contribution in [3.05, 3.63) is 53.6 Å². The maximum Gasteiger partial charge on any atom is 0.272 e. The monoisotopic (exact) mass is 312 g/mol. The summed E-state index contributed by atoms with van der Waals surface area (Å²) in [5.41, 5.74) is 2.37. The zero-order valence-corrected chi connectivity index (χ0v) is 13.5. The minimum Gasteiger partial charge on any atom is -0.468 e. The third kappa shape index (κ3) is 3.12. The predicted molar refractivity (Wildman–Crippen MR) is 88.3 cm³/mol. The quantitative estimate of drug-likeness (QED) is 0.759. The number of furan rings is 1. The molecule has 0 fully saturated rings. The smallest absolute Gasteiger partial charge is 0.272 e. The summed E-state index contributed by atoms with van der Waals surface area (Å²) in [7, 11) is 3.90. The van der Waals surface area contributed by atoms with Gasteiger partial charge in [0.2, 0.25) is 0 Å². The highest BCUT2D eigenvalue weighted by Gasteiger charge is 2.20. The van der Waals surface area contributed by atoms with Crippen molar-refractivity contribution in [1.82, 2.24) is 20.4 Å². The third-order valence-electron chi connectivity index (χ3n) is 3.88. The van der Waals surface area contributed by atoms with Gasteiger partial charge in [0.05, 0.1) is 17.8 Å². The number of aryl methyl sites for hydroxylation is 1. The summed E-state index contributed by atoms with van der Waals surface area (Å²) in [5.74, 6) is 0.623. The molecule has 1 aromatic carbocycles. The van der Waals surface area contributed by atoms with Gasteiger partial charge in [-0.2, -0.15) is 5.10 Å². The van der Waals surface area contributed by atoms with Crippen molar-refractivity contribution in [3.63, 3.8) is 0 Å². The number of carbonyl (C=O) groups is 1. The lowest BCUT2D eigenvalue weighted by Gasteiger charge is -2.22. The number of carbonyl (C=O) groups excluding carboxylic acids is 1. The Morgan fingerprint density at radius 1 is 1.39 bits per heavy atom. The highest BCUT2D eigenvalue weighted by Crippen LogP contribution is 2.19. The van der Waals surface area contributed by atoms with E-state index in [4.69, 9.17) is 4.42 Å². The molecule has 23 heavy (non-hydrogen) atoms. The fourth-order valence-corrected chi connectivity index (χ4v) is 2.59. The second-order valence-electron chi connectivity index (χ2n) is 5.83. The van der Waals surface area contributed by atoms with E-state index < -0.39 is 0 Å². The van der Waals surface area contributed by atoms with E-state index in [1.165, 1.54) is 0 Å². The van der Waals surface area contributed by atoms with Crippen LogP contribution in [-0.2, 0) is 0 Å². The Balaban J connectivity index is 1.76. The van der Waals surface area contributed by atoms with Crippen LogP contribution in [0, 0.1) is 6.92 Å². The lowest BCUT2D eigenvalue weighted by atomic mass is 10.1. The highest BCUT2D eigenvalue weighted by atomic mass is 16.3. The summed E-state index contributed by atoms with van der Waals surface area (Å²) < 4.78 is 5.45. The Kier molecular flexibility index (Phi) is 4.16. The molecule has 120 valence electrons. The van der Waals surface area contributed by atoms with Crippen LogP contribution in [0.15, 0.2) is 41.0 Å². The summed E-state index contributed by atoms with van der Waals surface area (Å²) in [6, 6.07) is 9.60. The van der Waals surface area contributed by atoms with Gasteiger partial charge in [-0.3, -0.25) is 14.8 Å². The van der Waals surface area contributed by atoms with Gasteiger partial charge in [-0.05, 0) is 45.3 Å². The van der Waals surface area contributed by atoms with Crippen molar-refractivity contribution in [2.45, 2.75) is 13.0 Å². The molecule has 2 aromatic heterocycles. The minimum absolute atomic E-state index is 0.0270. The molecule has 0 aliphatic rings. The average molecular weight is 312 g/mol. The van der Waals surface area contributed by atoms with E-state index in [9.17, 15) is 4.79 Å². The minimum atomic E-state index is -0.194. The van der Waals surface area contributed by atoms with Gasteiger partial charge in [0.25, 0.3) is 5.91 Å². The first kappa shape index (κ1) is 15.3. The van der Waals surface area contributed by atoms with E-state index in [2.05, 4.69) is 15.5 Å². The number of nitrogens with one attached hydrogen (secondary N) is 2. The van der Waals surface area contributed by atoms with Crippen LogP contribution >= 0.6 is 0 Å². The van der Waals surface area contributed by atoms with Gasteiger partial charge in [-0.25, -0.2) is 0 Å². The van der Waals surface area contributed by atoms with Gasteiger partial charge in [-0.1, -0.05) is 11.6 Å². The van der Waals surface area contributed by atoms with Crippen molar-refractivity contribution in [3.8, 4) is 0 Å². The number of hydrogen-bond donors (Lipinski definition) is 2. The predicted octanol–water partition coefficient (Wildman–Crippen LogP) is 2.50. The van der Waals surface area contributed by atoms with Gasteiger partial charge >= 0.3 is 0 Å². The van der Waals surface area contributed by atoms with E-state index in [0.29, 0.717) is 12.2 Å². The number of likely N-dealkylation sites (N-methyl/N-ethyl adjacent to an activating group) is 1. The molecule has 3 rings (SSSR count). The van der Waals surface area contributed by atoms with Crippen molar-refractivity contribution < 1.29 is 9.21 Å². The number of fused-ring (bicyclic) bond motifs is 1. The molecule has 1 unspecified atom stereocenters. The van der Waals surface area contributed by atoms with Crippen LogP contribution in [0.3, 0.4) is 0 Å². The first-order chi connectivity index (χ1) is 11.1. The van der Waals surface area contributed by atoms with E-state index in [1.54, 1.807) is 6.26 Å². The molecule has 0 aliphatic carbocycles. The van der Waals surface area contributed by atoms with Crippen LogP contribution < -0.4 is 5.32 Å². The molecule has 0 saturated heterocycles. The first-order valence-electron chi connectivity index (χ1n) is 7.49. The van der Waals surface area contributed by atoms with Gasteiger partial charge < -0.3 is 9.73 Å². The molecular formula is C17H20N4O2. The number of hydrogen-bond acceptors (Lipinski definition) is 4. The fraction of sp³-hybridized carbons (Fsp3) is 0.294. The number of aromatic amines is 1. The zero-order valence-electron chi connectivity index (χ0n) is 13.5. The number of rotatable bonds is 5. The molecule has 2 heterocycles. The second-order valence-corrected chi connectivity index (χ2v) is 5.83. The lowest BCUT2D eigenvalue weighted by molar-refractivity contribution is 0.0935. The Labute approximate surface area is 134 Å². The highest BCUT2D eigenvalue weighted by molar-refractivity contribution is 6.04. The van der Waals surface area contributed by atoms with Crippen LogP contribution in [0.25, 0.3) is 10.9 Å². The lowest BCUT2D eigenvalue weighted by Crippen LogP contribution is -2.34. The average Bonchev–Trinajstić information content (AvgIpc) is 3.16. The SMILES string of the molecule is Cc1ccc2[nH]nc(C(=O)NCC(c3ccco3)N(C)C)c2c1. The standard InChI is InChI=1S/C17H20N4O2/c1-11-6-7-13-12(9-11)16(20-19-13)17(22)18-10-14(21(2)3)15-5-4-8-23-15/h4-9,14H,10H2,1-3H3,(H,18,22)(H,19,20). The van der Waals surface area contributed by atoms with E-state index >= 15 is 0 Å². The Bertz CT molecular complexity index is 805. The van der Waals surface area contributed by atoms with Gasteiger partial charge in [0, 0.05) is 11.9 Å². The van der Waals surface area contributed by atoms with Crippen molar-refractivity contribution in [1.29, 1.82) is 0 Å². The molecule has 0 saturated carbocycles. The maximum atomic E-state index is 12.5. The molecule has 6 heteroatoms. The van der Waals surface area contributed by atoms with Crippen molar-refractivity contribution in [2.24, 2.45) is 0 Å². The molecule has 6 nitrogen and oxygen atoms in total. The van der Waals surface area contributed by atoms with Crippen LogP contribution in [-0.4, -0.2) is 41.6 Å². The van der Waals surface area contributed by atoms with Crippen molar-refractivity contribution >= 4 is 16.8 Å². The maximum absolute atomic E-state index is 12.5. The summed E-state index contributed by atoms with van der Waals surface area (Å²) >= 11 is 0. The fourth-order valence-electron chi connectivity index (χ4n) is 2.59.